The van der Waals surface area contributed by atoms with Gasteiger partial charge in [0.05, 0.1) is 11.3 Å². The third-order valence-corrected chi connectivity index (χ3v) is 3.15. The largest absolute Gasteiger partial charge is 0.380 e. The van der Waals surface area contributed by atoms with E-state index in [1.807, 2.05) is 12.1 Å². The number of benzene rings is 1. The maximum atomic E-state index is 9.03. The highest BCUT2D eigenvalue weighted by atomic mass is 79.9. The average Bonchev–Trinajstić information content (AvgIpc) is 2.34. The van der Waals surface area contributed by atoms with Crippen LogP contribution in [-0.2, 0) is 0 Å². The minimum atomic E-state index is 0.233. The van der Waals surface area contributed by atoms with Gasteiger partial charge in [-0.1, -0.05) is 35.7 Å². The minimum Gasteiger partial charge on any atom is -0.380 e. The van der Waals surface area contributed by atoms with Crippen molar-refractivity contribution >= 4 is 21.6 Å². The lowest BCUT2D eigenvalue weighted by Crippen LogP contribution is -2.29. The van der Waals surface area contributed by atoms with Crippen molar-refractivity contribution in [2.24, 2.45) is 5.73 Å². The molecule has 0 radical (unpaired) electrons. The second kappa shape index (κ2) is 7.31. The molecule has 3 nitrogen and oxygen atoms in total. The third-order valence-electron chi connectivity index (χ3n) is 2.65. The van der Waals surface area contributed by atoms with Gasteiger partial charge in [0, 0.05) is 17.1 Å². The zero-order valence-corrected chi connectivity index (χ0v) is 11.6. The molecule has 1 aromatic rings. The Morgan fingerprint density at radius 3 is 2.88 bits per heavy atom. The van der Waals surface area contributed by atoms with Crippen molar-refractivity contribution in [1.29, 1.82) is 5.26 Å². The number of nitrogens with two attached hydrogens (primary N) is 1. The van der Waals surface area contributed by atoms with Crippen LogP contribution in [0.2, 0.25) is 0 Å². The van der Waals surface area contributed by atoms with Crippen molar-refractivity contribution in [3.05, 3.63) is 28.2 Å². The van der Waals surface area contributed by atoms with Crippen molar-refractivity contribution in [2.75, 3.05) is 11.9 Å². The highest BCUT2D eigenvalue weighted by Gasteiger charge is 2.09. The monoisotopic (exact) mass is 295 g/mol. The Labute approximate surface area is 111 Å². The third kappa shape index (κ3) is 4.37. The first-order chi connectivity index (χ1) is 8.21. The molecule has 0 amide bonds. The van der Waals surface area contributed by atoms with E-state index in [1.165, 1.54) is 0 Å². The van der Waals surface area contributed by atoms with Crippen LogP contribution in [0.15, 0.2) is 22.7 Å². The van der Waals surface area contributed by atoms with Gasteiger partial charge in [0.2, 0.25) is 0 Å². The highest BCUT2D eigenvalue weighted by Crippen LogP contribution is 2.22. The van der Waals surface area contributed by atoms with E-state index in [4.69, 9.17) is 11.0 Å². The molecule has 0 spiro atoms. The minimum absolute atomic E-state index is 0.233. The Morgan fingerprint density at radius 2 is 2.29 bits per heavy atom. The van der Waals surface area contributed by atoms with Gasteiger partial charge in [0.15, 0.2) is 0 Å². The Bertz CT molecular complexity index is 398. The van der Waals surface area contributed by atoms with Crippen molar-refractivity contribution in [1.82, 2.24) is 0 Å². The van der Waals surface area contributed by atoms with Crippen molar-refractivity contribution in [2.45, 2.75) is 32.2 Å². The molecule has 0 aliphatic heterocycles. The summed E-state index contributed by atoms with van der Waals surface area (Å²) < 4.78 is 0.963. The molecular weight excluding hydrogens is 278 g/mol. The summed E-state index contributed by atoms with van der Waals surface area (Å²) in [5.41, 5.74) is 7.24. The van der Waals surface area contributed by atoms with Crippen LogP contribution in [0, 0.1) is 11.3 Å². The molecule has 92 valence electrons. The van der Waals surface area contributed by atoms with E-state index in [0.717, 1.165) is 29.4 Å². The quantitative estimate of drug-likeness (QED) is 0.847. The lowest BCUT2D eigenvalue weighted by atomic mass is 10.1. The molecule has 1 unspecified atom stereocenters. The van der Waals surface area contributed by atoms with Crippen LogP contribution in [0.3, 0.4) is 0 Å². The summed E-state index contributed by atoms with van der Waals surface area (Å²) in [5.74, 6) is 0. The van der Waals surface area contributed by atoms with Crippen LogP contribution in [0.25, 0.3) is 0 Å². The number of nitrogens with one attached hydrogen (secondary N) is 1. The normalized spacial score (nSPS) is 11.9. The van der Waals surface area contributed by atoms with Crippen LogP contribution in [0.5, 0.6) is 0 Å². The van der Waals surface area contributed by atoms with Gasteiger partial charge < -0.3 is 11.1 Å². The molecular formula is C13H18BrN3. The summed E-state index contributed by atoms with van der Waals surface area (Å²) in [6.07, 6.45) is 3.33. The Kier molecular flexibility index (Phi) is 6.03. The summed E-state index contributed by atoms with van der Waals surface area (Å²) in [6, 6.07) is 8.01. The lowest BCUT2D eigenvalue weighted by molar-refractivity contribution is 0.614. The number of nitrogens with zero attached hydrogens (tertiary/aromatic N) is 1. The SMILES string of the molecule is CCCCC(CN)Nc1cc(Br)ccc1C#N. The van der Waals surface area contributed by atoms with Gasteiger partial charge in [0.1, 0.15) is 6.07 Å². The first-order valence-corrected chi connectivity index (χ1v) is 6.66. The van der Waals surface area contributed by atoms with Gasteiger partial charge in [0.25, 0.3) is 0 Å². The Hall–Kier alpha value is -1.05. The van der Waals surface area contributed by atoms with Gasteiger partial charge in [-0.2, -0.15) is 5.26 Å². The number of nitriles is 1. The van der Waals surface area contributed by atoms with Crippen LogP contribution < -0.4 is 11.1 Å². The summed E-state index contributed by atoms with van der Waals surface area (Å²) >= 11 is 3.41. The topological polar surface area (TPSA) is 61.8 Å². The van der Waals surface area contributed by atoms with E-state index in [-0.39, 0.29) is 6.04 Å². The first kappa shape index (κ1) is 14.0. The van der Waals surface area contributed by atoms with Crippen LogP contribution in [0.1, 0.15) is 31.7 Å². The van der Waals surface area contributed by atoms with Crippen molar-refractivity contribution in [3.63, 3.8) is 0 Å². The van der Waals surface area contributed by atoms with Crippen molar-refractivity contribution < 1.29 is 0 Å². The van der Waals surface area contributed by atoms with Gasteiger partial charge in [-0.15, -0.1) is 0 Å². The van der Waals surface area contributed by atoms with E-state index in [2.05, 4.69) is 34.2 Å². The van der Waals surface area contributed by atoms with E-state index in [1.54, 1.807) is 6.07 Å². The first-order valence-electron chi connectivity index (χ1n) is 5.87. The van der Waals surface area contributed by atoms with E-state index in [9.17, 15) is 0 Å². The van der Waals surface area contributed by atoms with Crippen LogP contribution >= 0.6 is 15.9 Å². The molecule has 3 N–H and O–H groups in total. The number of anilines is 1. The molecule has 0 bridgehead atoms. The molecule has 0 heterocycles. The molecule has 1 rings (SSSR count). The number of hydrogen-bond donors (Lipinski definition) is 2. The average molecular weight is 296 g/mol. The smallest absolute Gasteiger partial charge is 0.101 e. The number of halogens is 1. The molecule has 1 atom stereocenters. The van der Waals surface area contributed by atoms with Crippen LogP contribution in [-0.4, -0.2) is 12.6 Å². The standard InChI is InChI=1S/C13H18BrN3/c1-2-3-4-12(9-16)17-13-7-11(14)6-5-10(13)8-15/h5-7,12,17H,2-4,9,16H2,1H3. The van der Waals surface area contributed by atoms with E-state index in [0.29, 0.717) is 12.1 Å². The lowest BCUT2D eigenvalue weighted by Gasteiger charge is -2.18. The predicted molar refractivity (Wildman–Crippen MR) is 74.8 cm³/mol. The molecule has 0 saturated carbocycles. The fraction of sp³-hybridized carbons (Fsp3) is 0.462. The van der Waals surface area contributed by atoms with Gasteiger partial charge in [-0.05, 0) is 24.6 Å². The fourth-order valence-electron chi connectivity index (χ4n) is 1.65. The van der Waals surface area contributed by atoms with Gasteiger partial charge >= 0.3 is 0 Å². The summed E-state index contributed by atoms with van der Waals surface area (Å²) in [4.78, 5) is 0. The maximum absolute atomic E-state index is 9.03. The van der Waals surface area contributed by atoms with Gasteiger partial charge in [-0.25, -0.2) is 0 Å². The Morgan fingerprint density at radius 1 is 1.53 bits per heavy atom. The summed E-state index contributed by atoms with van der Waals surface area (Å²) in [7, 11) is 0. The molecule has 0 aromatic heterocycles. The number of hydrogen-bond acceptors (Lipinski definition) is 3. The van der Waals surface area contributed by atoms with E-state index < -0.39 is 0 Å². The predicted octanol–water partition coefficient (Wildman–Crippen LogP) is 3.25. The number of rotatable bonds is 6. The second-order valence-corrected chi connectivity index (χ2v) is 4.94. The molecule has 17 heavy (non-hydrogen) atoms. The van der Waals surface area contributed by atoms with Crippen LogP contribution in [0.4, 0.5) is 5.69 Å². The Balaban J connectivity index is 2.78. The zero-order chi connectivity index (χ0) is 12.7. The fourth-order valence-corrected chi connectivity index (χ4v) is 2.01. The second-order valence-electron chi connectivity index (χ2n) is 4.02. The molecule has 0 aliphatic rings. The summed E-state index contributed by atoms with van der Waals surface area (Å²) in [6.45, 7) is 2.74. The molecule has 0 saturated heterocycles. The van der Waals surface area contributed by atoms with Crippen molar-refractivity contribution in [3.8, 4) is 6.07 Å². The van der Waals surface area contributed by atoms with Gasteiger partial charge in [-0.3, -0.25) is 0 Å². The van der Waals surface area contributed by atoms with E-state index >= 15 is 0 Å². The molecule has 0 fully saturated rings. The highest BCUT2D eigenvalue weighted by molar-refractivity contribution is 9.10. The number of unbranched alkanes of at least 4 members (excludes halogenated alkanes) is 1. The molecule has 1 aromatic carbocycles. The molecule has 4 heteroatoms. The summed E-state index contributed by atoms with van der Waals surface area (Å²) in [5, 5.41) is 12.4. The maximum Gasteiger partial charge on any atom is 0.101 e. The zero-order valence-electron chi connectivity index (χ0n) is 10.0. The molecule has 0 aliphatic carbocycles.